The van der Waals surface area contributed by atoms with E-state index in [-0.39, 0.29) is 22.8 Å². The van der Waals surface area contributed by atoms with E-state index in [0.29, 0.717) is 16.9 Å². The molecule has 5 heteroatoms. The van der Waals surface area contributed by atoms with Crippen molar-refractivity contribution < 1.29 is 24.9 Å². The van der Waals surface area contributed by atoms with E-state index in [0.717, 1.165) is 11.1 Å². The third-order valence-electron chi connectivity index (χ3n) is 3.53. The van der Waals surface area contributed by atoms with E-state index in [2.05, 4.69) is 0 Å². The van der Waals surface area contributed by atoms with Crippen molar-refractivity contribution in [2.75, 3.05) is 0 Å². The predicted octanol–water partition coefficient (Wildman–Crippen LogP) is 3.07. The average molecular weight is 312 g/mol. The SMILES string of the molecule is Cc1ccc(-c2ccco2)cc1C(=O)c1ccc(O)c(O)c1.O. The summed E-state index contributed by atoms with van der Waals surface area (Å²) >= 11 is 0. The fraction of sp³-hybridized carbons (Fsp3) is 0.0556. The molecule has 3 rings (SSSR count). The van der Waals surface area contributed by atoms with Gasteiger partial charge in [0.15, 0.2) is 17.3 Å². The molecule has 0 radical (unpaired) electrons. The van der Waals surface area contributed by atoms with Crippen LogP contribution in [0.1, 0.15) is 21.5 Å². The van der Waals surface area contributed by atoms with Gasteiger partial charge in [0.2, 0.25) is 0 Å². The van der Waals surface area contributed by atoms with Gasteiger partial charge in [-0.1, -0.05) is 12.1 Å². The van der Waals surface area contributed by atoms with E-state index in [9.17, 15) is 15.0 Å². The number of phenolic OH excluding ortho intramolecular Hbond substituents is 2. The lowest BCUT2D eigenvalue weighted by Gasteiger charge is -2.08. The molecule has 0 bridgehead atoms. The summed E-state index contributed by atoms with van der Waals surface area (Å²) in [6, 6.07) is 13.2. The van der Waals surface area contributed by atoms with Crippen LogP contribution in [0, 0.1) is 6.92 Å². The first-order valence-electron chi connectivity index (χ1n) is 6.77. The first kappa shape index (κ1) is 16.3. The molecule has 0 saturated heterocycles. The van der Waals surface area contributed by atoms with Crippen molar-refractivity contribution in [2.24, 2.45) is 0 Å². The normalized spacial score (nSPS) is 10.1. The van der Waals surface area contributed by atoms with Crippen molar-refractivity contribution >= 4 is 5.78 Å². The third-order valence-corrected chi connectivity index (χ3v) is 3.53. The quantitative estimate of drug-likeness (QED) is 0.573. The van der Waals surface area contributed by atoms with E-state index < -0.39 is 0 Å². The molecule has 1 heterocycles. The van der Waals surface area contributed by atoms with Gasteiger partial charge in [-0.25, -0.2) is 0 Å². The number of furan rings is 1. The Labute approximate surface area is 132 Å². The predicted molar refractivity (Wildman–Crippen MR) is 85.7 cm³/mol. The maximum atomic E-state index is 12.6. The molecule has 0 fully saturated rings. The number of rotatable bonds is 3. The van der Waals surface area contributed by atoms with E-state index in [1.807, 2.05) is 25.1 Å². The van der Waals surface area contributed by atoms with E-state index in [1.54, 1.807) is 18.4 Å². The van der Waals surface area contributed by atoms with Gasteiger partial charge in [-0.2, -0.15) is 0 Å². The Morgan fingerprint density at radius 3 is 2.43 bits per heavy atom. The summed E-state index contributed by atoms with van der Waals surface area (Å²) in [6.45, 7) is 1.85. The van der Waals surface area contributed by atoms with Gasteiger partial charge in [0.1, 0.15) is 5.76 Å². The molecule has 4 N–H and O–H groups in total. The molecule has 0 atom stereocenters. The molecule has 118 valence electrons. The second-order valence-corrected chi connectivity index (χ2v) is 5.04. The molecule has 3 aromatic rings. The van der Waals surface area contributed by atoms with Crippen LogP contribution in [0.5, 0.6) is 11.5 Å². The molecule has 0 amide bonds. The third kappa shape index (κ3) is 3.09. The van der Waals surface area contributed by atoms with Crippen LogP contribution in [0.15, 0.2) is 59.2 Å². The minimum atomic E-state index is -0.314. The Morgan fingerprint density at radius 1 is 1.00 bits per heavy atom. The molecule has 2 aromatic carbocycles. The monoisotopic (exact) mass is 312 g/mol. The van der Waals surface area contributed by atoms with Gasteiger partial charge >= 0.3 is 0 Å². The lowest BCUT2D eigenvalue weighted by Crippen LogP contribution is -2.04. The Bertz CT molecular complexity index is 835. The van der Waals surface area contributed by atoms with Gasteiger partial charge in [0.25, 0.3) is 0 Å². The average Bonchev–Trinajstić information content (AvgIpc) is 3.04. The molecular formula is C18H16O5. The lowest BCUT2D eigenvalue weighted by atomic mass is 9.96. The van der Waals surface area contributed by atoms with Crippen molar-refractivity contribution in [1.29, 1.82) is 0 Å². The van der Waals surface area contributed by atoms with E-state index >= 15 is 0 Å². The number of aryl methyl sites for hydroxylation is 1. The number of hydrogen-bond donors (Lipinski definition) is 2. The second-order valence-electron chi connectivity index (χ2n) is 5.04. The number of carbonyl (C=O) groups is 1. The van der Waals surface area contributed by atoms with E-state index in [1.165, 1.54) is 18.2 Å². The van der Waals surface area contributed by atoms with E-state index in [4.69, 9.17) is 4.42 Å². The Kier molecular flexibility index (Phi) is 4.52. The summed E-state index contributed by atoms with van der Waals surface area (Å²) in [5.74, 6) is -0.105. The fourth-order valence-corrected chi connectivity index (χ4v) is 2.28. The first-order chi connectivity index (χ1) is 10.6. The number of aromatic hydroxyl groups is 2. The van der Waals surface area contributed by atoms with Gasteiger partial charge in [-0.3, -0.25) is 4.79 Å². The summed E-state index contributed by atoms with van der Waals surface area (Å²) in [4.78, 5) is 12.6. The van der Waals surface area contributed by atoms with Gasteiger partial charge < -0.3 is 20.1 Å². The number of carbonyl (C=O) groups excluding carboxylic acids is 1. The van der Waals surface area contributed by atoms with Crippen molar-refractivity contribution in [3.05, 3.63) is 71.5 Å². The molecule has 0 aliphatic rings. The standard InChI is InChI=1S/C18H14O4.H2O/c1-11-4-5-12(17-3-2-8-22-17)9-14(11)18(21)13-6-7-15(19)16(20)10-13;/h2-10,19-20H,1H3;1H2. The maximum absolute atomic E-state index is 12.6. The summed E-state index contributed by atoms with van der Waals surface area (Å²) < 4.78 is 5.35. The lowest BCUT2D eigenvalue weighted by molar-refractivity contribution is 0.103. The fourth-order valence-electron chi connectivity index (χ4n) is 2.28. The van der Waals surface area contributed by atoms with Gasteiger partial charge in [-0.15, -0.1) is 0 Å². The minimum absolute atomic E-state index is 0. The van der Waals surface area contributed by atoms with Gasteiger partial charge in [0.05, 0.1) is 6.26 Å². The molecule has 0 aliphatic heterocycles. The van der Waals surface area contributed by atoms with Crippen LogP contribution >= 0.6 is 0 Å². The highest BCUT2D eigenvalue weighted by Gasteiger charge is 2.15. The number of phenols is 2. The van der Waals surface area contributed by atoms with Crippen molar-refractivity contribution in [2.45, 2.75) is 6.92 Å². The molecular weight excluding hydrogens is 296 g/mol. The van der Waals surface area contributed by atoms with Crippen LogP contribution in [0.2, 0.25) is 0 Å². The molecule has 1 aromatic heterocycles. The Morgan fingerprint density at radius 2 is 1.78 bits per heavy atom. The van der Waals surface area contributed by atoms with Crippen LogP contribution in [-0.4, -0.2) is 21.5 Å². The van der Waals surface area contributed by atoms with Crippen LogP contribution in [-0.2, 0) is 0 Å². The topological polar surface area (TPSA) is 102 Å². The van der Waals surface area contributed by atoms with Crippen molar-refractivity contribution in [3.8, 4) is 22.8 Å². The van der Waals surface area contributed by atoms with Crippen LogP contribution in [0.3, 0.4) is 0 Å². The Hall–Kier alpha value is -3.05. The smallest absolute Gasteiger partial charge is 0.193 e. The summed E-state index contributed by atoms with van der Waals surface area (Å²) in [5, 5.41) is 18.9. The van der Waals surface area contributed by atoms with Crippen LogP contribution in [0.4, 0.5) is 0 Å². The minimum Gasteiger partial charge on any atom is -0.504 e. The summed E-state index contributed by atoms with van der Waals surface area (Å²) in [6.07, 6.45) is 1.58. The van der Waals surface area contributed by atoms with Crippen LogP contribution < -0.4 is 0 Å². The first-order valence-corrected chi connectivity index (χ1v) is 6.77. The number of ketones is 1. The van der Waals surface area contributed by atoms with Crippen molar-refractivity contribution in [1.82, 2.24) is 0 Å². The zero-order chi connectivity index (χ0) is 15.7. The zero-order valence-corrected chi connectivity index (χ0v) is 12.4. The van der Waals surface area contributed by atoms with Crippen LogP contribution in [0.25, 0.3) is 11.3 Å². The molecule has 5 nitrogen and oxygen atoms in total. The van der Waals surface area contributed by atoms with Gasteiger partial charge in [0, 0.05) is 16.7 Å². The highest BCUT2D eigenvalue weighted by molar-refractivity contribution is 6.10. The highest BCUT2D eigenvalue weighted by atomic mass is 16.3. The Balaban J connectivity index is 0.00000192. The summed E-state index contributed by atoms with van der Waals surface area (Å²) in [5.41, 5.74) is 2.48. The molecule has 0 saturated carbocycles. The van der Waals surface area contributed by atoms with Crippen molar-refractivity contribution in [3.63, 3.8) is 0 Å². The molecule has 23 heavy (non-hydrogen) atoms. The number of hydrogen-bond acceptors (Lipinski definition) is 4. The largest absolute Gasteiger partial charge is 0.504 e. The molecule has 0 spiro atoms. The highest BCUT2D eigenvalue weighted by Crippen LogP contribution is 2.28. The van der Waals surface area contributed by atoms with Gasteiger partial charge in [-0.05, 0) is 48.9 Å². The number of benzene rings is 2. The zero-order valence-electron chi connectivity index (χ0n) is 12.4. The molecule has 0 aliphatic carbocycles. The second kappa shape index (κ2) is 6.37. The molecule has 0 unspecified atom stereocenters. The maximum Gasteiger partial charge on any atom is 0.193 e. The summed E-state index contributed by atoms with van der Waals surface area (Å²) in [7, 11) is 0.